The van der Waals surface area contributed by atoms with Gasteiger partial charge in [-0.25, -0.2) is 4.68 Å². The molecule has 0 radical (unpaired) electrons. The van der Waals surface area contributed by atoms with Gasteiger partial charge in [0.05, 0.1) is 16.9 Å². The number of nitrogens with zero attached hydrogens (tertiary/aromatic N) is 2. The highest BCUT2D eigenvalue weighted by atomic mass is 19.4. The van der Waals surface area contributed by atoms with E-state index in [4.69, 9.17) is 0 Å². The zero-order chi connectivity index (χ0) is 17.2. The monoisotopic (exact) mass is 325 g/mol. The summed E-state index contributed by atoms with van der Waals surface area (Å²) in [6.45, 7) is 3.03. The van der Waals surface area contributed by atoms with Crippen molar-refractivity contribution < 1.29 is 18.0 Å². The van der Waals surface area contributed by atoms with Gasteiger partial charge in [0.1, 0.15) is 6.04 Å². The van der Waals surface area contributed by atoms with Gasteiger partial charge in [0.15, 0.2) is 0 Å². The zero-order valence-electron chi connectivity index (χ0n) is 12.4. The van der Waals surface area contributed by atoms with E-state index < -0.39 is 29.2 Å². The molecule has 0 aliphatic rings. The number of amides is 1. The lowest BCUT2D eigenvalue weighted by Crippen LogP contribution is -2.33. The number of benzene rings is 1. The smallest absolute Gasteiger partial charge is 0.324 e. The fourth-order valence-electron chi connectivity index (χ4n) is 1.99. The third-order valence-electron chi connectivity index (χ3n) is 3.20. The molecule has 1 heterocycles. The minimum atomic E-state index is -4.59. The van der Waals surface area contributed by atoms with Crippen molar-refractivity contribution in [2.75, 3.05) is 5.32 Å². The van der Waals surface area contributed by atoms with Crippen molar-refractivity contribution in [3.8, 4) is 0 Å². The van der Waals surface area contributed by atoms with Crippen LogP contribution in [0.15, 0.2) is 41.2 Å². The van der Waals surface area contributed by atoms with Gasteiger partial charge in [-0.3, -0.25) is 9.59 Å². The number of alkyl halides is 3. The number of aryl methyl sites for hydroxylation is 1. The molecule has 23 heavy (non-hydrogen) atoms. The number of nitrogens with one attached hydrogen (secondary N) is 1. The van der Waals surface area contributed by atoms with E-state index in [-0.39, 0.29) is 5.69 Å². The van der Waals surface area contributed by atoms with Gasteiger partial charge in [0.2, 0.25) is 5.91 Å². The molecule has 1 N–H and O–H groups in total. The van der Waals surface area contributed by atoms with Crippen LogP contribution < -0.4 is 10.9 Å². The van der Waals surface area contributed by atoms with Crippen molar-refractivity contribution in [2.24, 2.45) is 0 Å². The quantitative estimate of drug-likeness (QED) is 0.944. The molecule has 0 bridgehead atoms. The summed E-state index contributed by atoms with van der Waals surface area (Å²) < 4.78 is 39.7. The highest BCUT2D eigenvalue weighted by molar-refractivity contribution is 5.94. The van der Waals surface area contributed by atoms with Crippen molar-refractivity contribution in [1.82, 2.24) is 9.78 Å². The van der Waals surface area contributed by atoms with Gasteiger partial charge in [-0.05, 0) is 32.0 Å². The minimum Gasteiger partial charge on any atom is -0.324 e. The Balaban J connectivity index is 2.30. The molecule has 2 rings (SSSR count). The second-order valence-electron chi connectivity index (χ2n) is 4.97. The summed E-state index contributed by atoms with van der Waals surface area (Å²) in [6.07, 6.45) is -4.59. The highest BCUT2D eigenvalue weighted by Gasteiger charge is 2.34. The topological polar surface area (TPSA) is 64.0 Å². The Labute approximate surface area is 129 Å². The summed E-state index contributed by atoms with van der Waals surface area (Å²) >= 11 is 0. The Hall–Kier alpha value is -2.64. The average Bonchev–Trinajstić information content (AvgIpc) is 2.48. The van der Waals surface area contributed by atoms with Crippen LogP contribution in [0.1, 0.15) is 24.2 Å². The molecule has 5 nitrogen and oxygen atoms in total. The summed E-state index contributed by atoms with van der Waals surface area (Å²) in [5, 5.41) is 6.13. The predicted octanol–water partition coefficient (Wildman–Crippen LogP) is 2.77. The predicted molar refractivity (Wildman–Crippen MR) is 78.0 cm³/mol. The van der Waals surface area contributed by atoms with E-state index in [9.17, 15) is 22.8 Å². The molecule has 0 aliphatic carbocycles. The van der Waals surface area contributed by atoms with Crippen LogP contribution in [-0.2, 0) is 11.0 Å². The Morgan fingerprint density at radius 3 is 2.52 bits per heavy atom. The fraction of sp³-hybridized carbons (Fsp3) is 0.267. The van der Waals surface area contributed by atoms with E-state index in [0.717, 1.165) is 16.8 Å². The van der Waals surface area contributed by atoms with Gasteiger partial charge in [-0.1, -0.05) is 12.1 Å². The van der Waals surface area contributed by atoms with Crippen LogP contribution >= 0.6 is 0 Å². The third kappa shape index (κ3) is 3.77. The van der Waals surface area contributed by atoms with Crippen LogP contribution in [0.25, 0.3) is 0 Å². The van der Waals surface area contributed by atoms with Crippen molar-refractivity contribution in [2.45, 2.75) is 26.1 Å². The van der Waals surface area contributed by atoms with Gasteiger partial charge in [-0.2, -0.15) is 18.3 Å². The van der Waals surface area contributed by atoms with E-state index in [2.05, 4.69) is 10.4 Å². The normalized spacial score (nSPS) is 12.7. The van der Waals surface area contributed by atoms with Gasteiger partial charge < -0.3 is 5.32 Å². The van der Waals surface area contributed by atoms with Crippen molar-refractivity contribution in [3.05, 3.63) is 58.0 Å². The standard InChI is InChI=1S/C15H14F3N3O2/c1-9-7-8-13(22)21(20-9)10(2)14(23)19-12-6-4-3-5-11(12)15(16,17)18/h3-8,10H,1-2H3,(H,19,23). The average molecular weight is 325 g/mol. The molecule has 0 saturated heterocycles. The van der Waals surface area contributed by atoms with E-state index >= 15 is 0 Å². The number of aromatic nitrogens is 2. The fourth-order valence-corrected chi connectivity index (χ4v) is 1.99. The number of carbonyl (C=O) groups excluding carboxylic acids is 1. The van der Waals surface area contributed by atoms with E-state index in [1.54, 1.807) is 6.92 Å². The van der Waals surface area contributed by atoms with Crippen LogP contribution in [0, 0.1) is 6.92 Å². The molecule has 1 aromatic carbocycles. The second-order valence-corrected chi connectivity index (χ2v) is 4.97. The Bertz CT molecular complexity index is 784. The minimum absolute atomic E-state index is 0.363. The SMILES string of the molecule is Cc1ccc(=O)n(C(C)C(=O)Nc2ccccc2C(F)(F)F)n1. The maximum absolute atomic E-state index is 12.9. The lowest BCUT2D eigenvalue weighted by atomic mass is 10.1. The first-order valence-corrected chi connectivity index (χ1v) is 6.73. The number of para-hydroxylation sites is 1. The Kier molecular flexibility index (Phi) is 4.53. The molecule has 0 spiro atoms. The Morgan fingerprint density at radius 2 is 1.87 bits per heavy atom. The third-order valence-corrected chi connectivity index (χ3v) is 3.20. The summed E-state index contributed by atoms with van der Waals surface area (Å²) in [5.74, 6) is -0.762. The molecule has 0 saturated carbocycles. The summed E-state index contributed by atoms with van der Waals surface area (Å²) in [7, 11) is 0. The van der Waals surface area contributed by atoms with Gasteiger partial charge in [0.25, 0.3) is 5.56 Å². The van der Waals surface area contributed by atoms with E-state index in [0.29, 0.717) is 5.69 Å². The summed E-state index contributed by atoms with van der Waals surface area (Å²) in [4.78, 5) is 23.9. The van der Waals surface area contributed by atoms with Gasteiger partial charge in [0, 0.05) is 6.07 Å². The summed E-state index contributed by atoms with van der Waals surface area (Å²) in [6, 6.07) is 6.32. The number of hydrogen-bond acceptors (Lipinski definition) is 3. The molecular weight excluding hydrogens is 311 g/mol. The van der Waals surface area contributed by atoms with Gasteiger partial charge in [-0.15, -0.1) is 0 Å². The van der Waals surface area contributed by atoms with Crippen LogP contribution in [0.5, 0.6) is 0 Å². The van der Waals surface area contributed by atoms with Crippen molar-refractivity contribution in [3.63, 3.8) is 0 Å². The largest absolute Gasteiger partial charge is 0.418 e. The van der Waals surface area contributed by atoms with E-state index in [1.165, 1.54) is 31.2 Å². The molecule has 1 atom stereocenters. The number of rotatable bonds is 3. The second kappa shape index (κ2) is 6.23. The molecule has 1 amide bonds. The molecule has 0 aliphatic heterocycles. The lowest BCUT2D eigenvalue weighted by Gasteiger charge is -2.17. The van der Waals surface area contributed by atoms with Crippen LogP contribution in [0.4, 0.5) is 18.9 Å². The number of carbonyl (C=O) groups is 1. The van der Waals surface area contributed by atoms with Crippen LogP contribution in [0.2, 0.25) is 0 Å². The lowest BCUT2D eigenvalue weighted by molar-refractivity contribution is -0.137. The first kappa shape index (κ1) is 16.7. The van der Waals surface area contributed by atoms with Crippen molar-refractivity contribution >= 4 is 11.6 Å². The molecule has 122 valence electrons. The first-order valence-electron chi connectivity index (χ1n) is 6.73. The number of halogens is 3. The molecule has 8 heteroatoms. The van der Waals surface area contributed by atoms with Crippen LogP contribution in [-0.4, -0.2) is 15.7 Å². The van der Waals surface area contributed by atoms with Crippen molar-refractivity contribution in [1.29, 1.82) is 0 Å². The molecule has 1 aromatic heterocycles. The molecule has 1 unspecified atom stereocenters. The number of anilines is 1. The number of hydrogen-bond donors (Lipinski definition) is 1. The maximum Gasteiger partial charge on any atom is 0.418 e. The molecule has 2 aromatic rings. The molecular formula is C15H14F3N3O2. The Morgan fingerprint density at radius 1 is 1.22 bits per heavy atom. The first-order chi connectivity index (χ1) is 10.7. The van der Waals surface area contributed by atoms with E-state index in [1.807, 2.05) is 0 Å². The molecule has 0 fully saturated rings. The highest BCUT2D eigenvalue weighted by Crippen LogP contribution is 2.34. The zero-order valence-corrected chi connectivity index (χ0v) is 12.4. The summed E-state index contributed by atoms with van der Waals surface area (Å²) in [5.41, 5.74) is -1.31. The van der Waals surface area contributed by atoms with Gasteiger partial charge >= 0.3 is 6.18 Å². The van der Waals surface area contributed by atoms with Crippen LogP contribution in [0.3, 0.4) is 0 Å². The maximum atomic E-state index is 12.9.